The van der Waals surface area contributed by atoms with Gasteiger partial charge in [0.25, 0.3) is 0 Å². The van der Waals surface area contributed by atoms with E-state index in [1.807, 2.05) is 0 Å². The van der Waals surface area contributed by atoms with Gasteiger partial charge in [0.1, 0.15) is 11.6 Å². The minimum Gasteiger partial charge on any atom is -0.377 e. The zero-order valence-electron chi connectivity index (χ0n) is 11.1. The molecular formula is C15H21F2NO. The Morgan fingerprint density at radius 2 is 1.79 bits per heavy atom. The van der Waals surface area contributed by atoms with Crippen LogP contribution in [0.3, 0.4) is 0 Å². The van der Waals surface area contributed by atoms with Crippen molar-refractivity contribution < 1.29 is 13.5 Å². The second-order valence-electron chi connectivity index (χ2n) is 5.01. The molecule has 0 spiro atoms. The summed E-state index contributed by atoms with van der Waals surface area (Å²) in [7, 11) is 0. The molecule has 1 aromatic rings. The third kappa shape index (κ3) is 4.55. The molecule has 0 atom stereocenters. The quantitative estimate of drug-likeness (QED) is 0.799. The van der Waals surface area contributed by atoms with Crippen molar-refractivity contribution in [1.29, 1.82) is 0 Å². The summed E-state index contributed by atoms with van der Waals surface area (Å²) in [6, 6.07) is 3.93. The smallest absolute Gasteiger partial charge is 0.130 e. The zero-order chi connectivity index (χ0) is 13.5. The summed E-state index contributed by atoms with van der Waals surface area (Å²) in [4.78, 5) is 0. The van der Waals surface area contributed by atoms with Gasteiger partial charge in [0.2, 0.25) is 0 Å². The van der Waals surface area contributed by atoms with Gasteiger partial charge < -0.3 is 10.1 Å². The highest BCUT2D eigenvalue weighted by Gasteiger charge is 2.13. The Bertz CT molecular complexity index is 371. The molecule has 2 rings (SSSR count). The van der Waals surface area contributed by atoms with E-state index in [-0.39, 0.29) is 12.1 Å². The van der Waals surface area contributed by atoms with Crippen LogP contribution in [0.4, 0.5) is 8.78 Å². The number of ether oxygens (including phenoxy) is 1. The van der Waals surface area contributed by atoms with Gasteiger partial charge in [-0.05, 0) is 25.0 Å². The molecule has 0 aliphatic heterocycles. The minimum absolute atomic E-state index is 0.0974. The van der Waals surface area contributed by atoms with Crippen molar-refractivity contribution >= 4 is 0 Å². The first-order valence-electron chi connectivity index (χ1n) is 7.02. The van der Waals surface area contributed by atoms with Gasteiger partial charge in [0, 0.05) is 18.7 Å². The van der Waals surface area contributed by atoms with Crippen LogP contribution in [0.25, 0.3) is 0 Å². The molecule has 0 amide bonds. The van der Waals surface area contributed by atoms with Crippen molar-refractivity contribution in [2.75, 3.05) is 13.2 Å². The molecule has 1 N–H and O–H groups in total. The van der Waals surface area contributed by atoms with E-state index in [9.17, 15) is 8.78 Å². The molecule has 1 fully saturated rings. The van der Waals surface area contributed by atoms with Gasteiger partial charge in [0.15, 0.2) is 0 Å². The third-order valence-electron chi connectivity index (χ3n) is 3.55. The molecule has 0 unspecified atom stereocenters. The van der Waals surface area contributed by atoms with E-state index >= 15 is 0 Å². The van der Waals surface area contributed by atoms with Crippen molar-refractivity contribution in [1.82, 2.24) is 5.32 Å². The first-order chi connectivity index (χ1) is 9.27. The largest absolute Gasteiger partial charge is 0.377 e. The normalized spacial score (nSPS) is 16.7. The van der Waals surface area contributed by atoms with E-state index in [4.69, 9.17) is 4.74 Å². The fourth-order valence-corrected chi connectivity index (χ4v) is 2.44. The van der Waals surface area contributed by atoms with Crippen LogP contribution in [0.1, 0.15) is 37.7 Å². The standard InChI is InChI=1S/C15H21F2NO/c16-14-7-4-8-15(17)13(14)11-18-9-10-19-12-5-2-1-3-6-12/h4,7-8,12,18H,1-3,5-6,9-11H2. The Labute approximate surface area is 113 Å². The van der Waals surface area contributed by atoms with Gasteiger partial charge in [-0.15, -0.1) is 0 Å². The second kappa shape index (κ2) is 7.56. The predicted molar refractivity (Wildman–Crippen MR) is 70.9 cm³/mol. The number of nitrogens with one attached hydrogen (secondary N) is 1. The highest BCUT2D eigenvalue weighted by atomic mass is 19.1. The first-order valence-corrected chi connectivity index (χ1v) is 7.02. The van der Waals surface area contributed by atoms with Crippen LogP contribution in [0.5, 0.6) is 0 Å². The van der Waals surface area contributed by atoms with E-state index in [1.165, 1.54) is 37.5 Å². The van der Waals surface area contributed by atoms with E-state index in [0.717, 1.165) is 12.8 Å². The van der Waals surface area contributed by atoms with E-state index < -0.39 is 11.6 Å². The molecule has 0 bridgehead atoms. The van der Waals surface area contributed by atoms with Crippen molar-refractivity contribution in [2.24, 2.45) is 0 Å². The molecule has 1 saturated carbocycles. The fourth-order valence-electron chi connectivity index (χ4n) is 2.44. The maximum Gasteiger partial charge on any atom is 0.130 e. The Balaban J connectivity index is 1.63. The van der Waals surface area contributed by atoms with Crippen molar-refractivity contribution in [2.45, 2.75) is 44.8 Å². The molecule has 19 heavy (non-hydrogen) atoms. The second-order valence-corrected chi connectivity index (χ2v) is 5.01. The number of hydrogen-bond acceptors (Lipinski definition) is 2. The Hall–Kier alpha value is -1.00. The summed E-state index contributed by atoms with van der Waals surface area (Å²) in [6.07, 6.45) is 6.46. The maximum atomic E-state index is 13.3. The van der Waals surface area contributed by atoms with E-state index in [2.05, 4.69) is 5.32 Å². The number of hydrogen-bond donors (Lipinski definition) is 1. The topological polar surface area (TPSA) is 21.3 Å². The van der Waals surface area contributed by atoms with Crippen LogP contribution < -0.4 is 5.32 Å². The lowest BCUT2D eigenvalue weighted by molar-refractivity contribution is 0.0302. The molecule has 106 valence electrons. The van der Waals surface area contributed by atoms with Crippen LogP contribution >= 0.6 is 0 Å². The summed E-state index contributed by atoms with van der Waals surface area (Å²) in [5, 5.41) is 3.02. The maximum absolute atomic E-state index is 13.3. The number of rotatable bonds is 6. The monoisotopic (exact) mass is 269 g/mol. The molecule has 1 aromatic carbocycles. The lowest BCUT2D eigenvalue weighted by atomic mass is 9.98. The molecular weight excluding hydrogens is 248 g/mol. The number of halogens is 2. The summed E-state index contributed by atoms with van der Waals surface area (Å²) in [5.74, 6) is -0.999. The average Bonchev–Trinajstić information content (AvgIpc) is 2.42. The van der Waals surface area contributed by atoms with Gasteiger partial charge in [-0.3, -0.25) is 0 Å². The van der Waals surface area contributed by atoms with Crippen LogP contribution in [-0.4, -0.2) is 19.3 Å². The van der Waals surface area contributed by atoms with Crippen LogP contribution in [0, 0.1) is 11.6 Å². The van der Waals surface area contributed by atoms with Gasteiger partial charge in [-0.25, -0.2) is 8.78 Å². The lowest BCUT2D eigenvalue weighted by Gasteiger charge is -2.22. The van der Waals surface area contributed by atoms with E-state index in [0.29, 0.717) is 19.3 Å². The van der Waals surface area contributed by atoms with Crippen LogP contribution in [0.2, 0.25) is 0 Å². The van der Waals surface area contributed by atoms with Crippen LogP contribution in [0.15, 0.2) is 18.2 Å². The highest BCUT2D eigenvalue weighted by molar-refractivity contribution is 5.19. The van der Waals surface area contributed by atoms with Crippen molar-refractivity contribution in [3.8, 4) is 0 Å². The summed E-state index contributed by atoms with van der Waals surface area (Å²) >= 11 is 0. The number of benzene rings is 1. The Morgan fingerprint density at radius 3 is 2.47 bits per heavy atom. The van der Waals surface area contributed by atoms with Crippen molar-refractivity contribution in [3.05, 3.63) is 35.4 Å². The molecule has 1 aliphatic rings. The molecule has 1 aliphatic carbocycles. The summed E-state index contributed by atoms with van der Waals surface area (Å²) < 4.78 is 32.4. The van der Waals surface area contributed by atoms with Gasteiger partial charge in [-0.1, -0.05) is 25.3 Å². The lowest BCUT2D eigenvalue weighted by Crippen LogP contribution is -2.25. The first kappa shape index (κ1) is 14.4. The molecule has 0 aromatic heterocycles. The molecule has 0 heterocycles. The summed E-state index contributed by atoms with van der Waals surface area (Å²) in [6.45, 7) is 1.41. The summed E-state index contributed by atoms with van der Waals surface area (Å²) in [5.41, 5.74) is 0.0974. The SMILES string of the molecule is Fc1cccc(F)c1CNCCOC1CCCCC1. The third-order valence-corrected chi connectivity index (χ3v) is 3.55. The Morgan fingerprint density at radius 1 is 1.11 bits per heavy atom. The minimum atomic E-state index is -0.499. The van der Waals surface area contributed by atoms with Gasteiger partial charge in [0.05, 0.1) is 12.7 Å². The van der Waals surface area contributed by atoms with Gasteiger partial charge in [-0.2, -0.15) is 0 Å². The molecule has 0 radical (unpaired) electrons. The van der Waals surface area contributed by atoms with Crippen LogP contribution in [-0.2, 0) is 11.3 Å². The average molecular weight is 269 g/mol. The fraction of sp³-hybridized carbons (Fsp3) is 0.600. The molecule has 4 heteroatoms. The highest BCUT2D eigenvalue weighted by Crippen LogP contribution is 2.19. The molecule has 2 nitrogen and oxygen atoms in total. The van der Waals surface area contributed by atoms with Gasteiger partial charge >= 0.3 is 0 Å². The Kier molecular flexibility index (Phi) is 5.73. The zero-order valence-corrected chi connectivity index (χ0v) is 11.1. The predicted octanol–water partition coefficient (Wildman–Crippen LogP) is 3.40. The van der Waals surface area contributed by atoms with Crippen molar-refractivity contribution in [3.63, 3.8) is 0 Å². The van der Waals surface area contributed by atoms with E-state index in [1.54, 1.807) is 0 Å². The molecule has 0 saturated heterocycles.